The molecule has 2 rings (SSSR count). The van der Waals surface area contributed by atoms with E-state index >= 15 is 0 Å². The molecule has 1 N–H and O–H groups in total. The van der Waals surface area contributed by atoms with E-state index in [1.165, 1.54) is 4.90 Å². The molecule has 0 saturated carbocycles. The molecule has 0 radical (unpaired) electrons. The number of amides is 1. The molecule has 0 atom stereocenters. The summed E-state index contributed by atoms with van der Waals surface area (Å²) in [6.45, 7) is 0.737. The van der Waals surface area contributed by atoms with Crippen molar-refractivity contribution in [2.45, 2.75) is 6.42 Å². The van der Waals surface area contributed by atoms with Gasteiger partial charge in [0.25, 0.3) is 5.91 Å². The topological polar surface area (TPSA) is 75.9 Å². The Morgan fingerprint density at radius 2 is 2.15 bits per heavy atom. The third-order valence-electron chi connectivity index (χ3n) is 2.77. The van der Waals surface area contributed by atoms with Crippen LogP contribution in [-0.2, 0) is 13.5 Å². The predicted octanol–water partition coefficient (Wildman–Crippen LogP) is 0.566. The Kier molecular flexibility index (Phi) is 4.29. The van der Waals surface area contributed by atoms with Crippen LogP contribution in [0.5, 0.6) is 0 Å². The third-order valence-corrected chi connectivity index (χ3v) is 2.77. The van der Waals surface area contributed by atoms with E-state index in [0.717, 1.165) is 18.5 Å². The van der Waals surface area contributed by atoms with Gasteiger partial charge in [0.2, 0.25) is 0 Å². The molecular formula is C13H18N6O. The monoisotopic (exact) mass is 274 g/mol. The highest BCUT2D eigenvalue weighted by Crippen LogP contribution is 2.04. The predicted molar refractivity (Wildman–Crippen MR) is 75.5 cm³/mol. The number of carbonyl (C=O) groups excluding carboxylic acids is 1. The fourth-order valence-corrected chi connectivity index (χ4v) is 1.71. The second-order valence-electron chi connectivity index (χ2n) is 4.70. The highest BCUT2D eigenvalue weighted by molar-refractivity contribution is 5.91. The number of aromatic nitrogens is 4. The molecule has 7 nitrogen and oxygen atoms in total. The first-order valence-corrected chi connectivity index (χ1v) is 6.33. The summed E-state index contributed by atoms with van der Waals surface area (Å²) in [4.78, 5) is 13.1. The van der Waals surface area contributed by atoms with Gasteiger partial charge in [0.1, 0.15) is 5.82 Å². The van der Waals surface area contributed by atoms with Crippen molar-refractivity contribution in [3.8, 4) is 0 Å². The molecule has 0 saturated heterocycles. The van der Waals surface area contributed by atoms with Crippen molar-refractivity contribution in [3.05, 3.63) is 35.8 Å². The molecule has 20 heavy (non-hydrogen) atoms. The van der Waals surface area contributed by atoms with Gasteiger partial charge in [-0.05, 0) is 24.1 Å². The van der Waals surface area contributed by atoms with E-state index in [1.807, 2.05) is 19.4 Å². The molecule has 0 aliphatic rings. The lowest BCUT2D eigenvalue weighted by atomic mass is 10.2. The van der Waals surface area contributed by atoms with Crippen molar-refractivity contribution < 1.29 is 4.79 Å². The molecule has 0 aliphatic carbocycles. The fourth-order valence-electron chi connectivity index (χ4n) is 1.71. The first-order chi connectivity index (χ1) is 9.56. The normalized spacial score (nSPS) is 10.3. The molecule has 0 fully saturated rings. The average Bonchev–Trinajstić information content (AvgIpc) is 2.84. The van der Waals surface area contributed by atoms with Crippen molar-refractivity contribution in [3.63, 3.8) is 0 Å². The maximum absolute atomic E-state index is 11.7. The van der Waals surface area contributed by atoms with E-state index in [1.54, 1.807) is 30.9 Å². The van der Waals surface area contributed by atoms with Crippen LogP contribution in [0.2, 0.25) is 0 Å². The number of nitrogens with one attached hydrogen (secondary N) is 1. The lowest BCUT2D eigenvalue weighted by Crippen LogP contribution is -2.23. The van der Waals surface area contributed by atoms with Crippen LogP contribution >= 0.6 is 0 Å². The quantitative estimate of drug-likeness (QED) is 0.862. The number of anilines is 1. The Labute approximate surface area is 117 Å². The van der Waals surface area contributed by atoms with Crippen LogP contribution in [0.15, 0.2) is 24.5 Å². The molecule has 2 aromatic rings. The molecule has 0 spiro atoms. The van der Waals surface area contributed by atoms with Gasteiger partial charge in [-0.15, -0.1) is 10.2 Å². The summed E-state index contributed by atoms with van der Waals surface area (Å²) < 4.78 is 1.77. The Morgan fingerprint density at radius 3 is 2.70 bits per heavy atom. The number of hydrogen-bond donors (Lipinski definition) is 1. The summed E-state index contributed by atoms with van der Waals surface area (Å²) in [6, 6.07) is 3.43. The summed E-state index contributed by atoms with van der Waals surface area (Å²) in [5.41, 5.74) is 1.50. The average molecular weight is 274 g/mol. The van der Waals surface area contributed by atoms with Gasteiger partial charge in [0.15, 0.2) is 5.69 Å². The molecule has 0 unspecified atom stereocenters. The van der Waals surface area contributed by atoms with Crippen LogP contribution in [0.3, 0.4) is 0 Å². The number of carbonyl (C=O) groups is 1. The van der Waals surface area contributed by atoms with Crippen molar-refractivity contribution in [1.82, 2.24) is 24.9 Å². The van der Waals surface area contributed by atoms with Gasteiger partial charge in [-0.25, -0.2) is 0 Å². The van der Waals surface area contributed by atoms with Crippen LogP contribution in [0.1, 0.15) is 16.1 Å². The van der Waals surface area contributed by atoms with Crippen LogP contribution in [-0.4, -0.2) is 51.4 Å². The van der Waals surface area contributed by atoms with Gasteiger partial charge in [-0.2, -0.15) is 5.10 Å². The lowest BCUT2D eigenvalue weighted by Gasteiger charge is -2.09. The molecule has 2 heterocycles. The van der Waals surface area contributed by atoms with Crippen molar-refractivity contribution in [1.29, 1.82) is 0 Å². The zero-order valence-electron chi connectivity index (χ0n) is 11.9. The van der Waals surface area contributed by atoms with E-state index in [4.69, 9.17) is 0 Å². The maximum Gasteiger partial charge on any atom is 0.273 e. The number of rotatable bonds is 5. The summed E-state index contributed by atoms with van der Waals surface area (Å²) in [6.07, 6.45) is 4.67. The summed E-state index contributed by atoms with van der Waals surface area (Å²) in [7, 11) is 5.26. The molecule has 106 valence electrons. The molecule has 0 aliphatic heterocycles. The number of aryl methyl sites for hydroxylation is 1. The Hall–Kier alpha value is -2.44. The third kappa shape index (κ3) is 3.53. The Balaban J connectivity index is 1.86. The molecule has 0 aromatic carbocycles. The van der Waals surface area contributed by atoms with E-state index < -0.39 is 0 Å². The number of nitrogens with zero attached hydrogens (tertiary/aromatic N) is 5. The standard InChI is InChI=1S/C13H18N6O/c1-18(2)13(20)11-4-5-12(17-16-11)14-7-6-10-8-15-19(3)9-10/h4-5,8-9H,6-7H2,1-3H3,(H,14,17). The van der Waals surface area contributed by atoms with E-state index in [2.05, 4.69) is 20.6 Å². The summed E-state index contributed by atoms with van der Waals surface area (Å²) in [5, 5.41) is 15.2. The van der Waals surface area contributed by atoms with Gasteiger partial charge < -0.3 is 10.2 Å². The highest BCUT2D eigenvalue weighted by atomic mass is 16.2. The van der Waals surface area contributed by atoms with E-state index in [0.29, 0.717) is 11.5 Å². The Bertz CT molecular complexity index is 575. The maximum atomic E-state index is 11.7. The van der Waals surface area contributed by atoms with E-state index in [9.17, 15) is 4.79 Å². The molecule has 7 heteroatoms. The van der Waals surface area contributed by atoms with Crippen LogP contribution in [0.25, 0.3) is 0 Å². The zero-order chi connectivity index (χ0) is 14.5. The van der Waals surface area contributed by atoms with Gasteiger partial charge in [0, 0.05) is 33.9 Å². The van der Waals surface area contributed by atoms with Gasteiger partial charge >= 0.3 is 0 Å². The van der Waals surface area contributed by atoms with Crippen molar-refractivity contribution >= 4 is 11.7 Å². The van der Waals surface area contributed by atoms with Gasteiger partial charge in [-0.1, -0.05) is 0 Å². The second kappa shape index (κ2) is 6.14. The van der Waals surface area contributed by atoms with E-state index in [-0.39, 0.29) is 5.91 Å². The molecule has 0 bridgehead atoms. The fraction of sp³-hybridized carbons (Fsp3) is 0.385. The highest BCUT2D eigenvalue weighted by Gasteiger charge is 2.09. The first kappa shape index (κ1) is 14.0. The minimum atomic E-state index is -0.153. The molecule has 2 aromatic heterocycles. The van der Waals surface area contributed by atoms with Crippen LogP contribution in [0, 0.1) is 0 Å². The molecular weight excluding hydrogens is 256 g/mol. The second-order valence-corrected chi connectivity index (χ2v) is 4.70. The summed E-state index contributed by atoms with van der Waals surface area (Å²) in [5.74, 6) is 0.503. The number of hydrogen-bond acceptors (Lipinski definition) is 5. The van der Waals surface area contributed by atoms with Crippen molar-refractivity contribution in [2.75, 3.05) is 26.0 Å². The minimum absolute atomic E-state index is 0.153. The SMILES string of the molecule is CN(C)C(=O)c1ccc(NCCc2cnn(C)c2)nn1. The zero-order valence-corrected chi connectivity index (χ0v) is 11.9. The van der Waals surface area contributed by atoms with Gasteiger partial charge in [0.05, 0.1) is 6.20 Å². The molecule has 1 amide bonds. The van der Waals surface area contributed by atoms with Crippen LogP contribution < -0.4 is 5.32 Å². The smallest absolute Gasteiger partial charge is 0.273 e. The summed E-state index contributed by atoms with van der Waals surface area (Å²) >= 11 is 0. The lowest BCUT2D eigenvalue weighted by molar-refractivity contribution is 0.0821. The first-order valence-electron chi connectivity index (χ1n) is 6.33. The van der Waals surface area contributed by atoms with Gasteiger partial charge in [-0.3, -0.25) is 9.48 Å². The Morgan fingerprint density at radius 1 is 1.35 bits per heavy atom. The van der Waals surface area contributed by atoms with Crippen molar-refractivity contribution in [2.24, 2.45) is 7.05 Å². The van der Waals surface area contributed by atoms with Crippen LogP contribution in [0.4, 0.5) is 5.82 Å². The largest absolute Gasteiger partial charge is 0.368 e. The minimum Gasteiger partial charge on any atom is -0.368 e.